The van der Waals surface area contributed by atoms with Crippen molar-refractivity contribution in [2.24, 2.45) is 17.4 Å². The van der Waals surface area contributed by atoms with Crippen molar-refractivity contribution in [1.29, 1.82) is 0 Å². The summed E-state index contributed by atoms with van der Waals surface area (Å²) in [6.07, 6.45) is 12.2. The first-order chi connectivity index (χ1) is 19.4. The van der Waals surface area contributed by atoms with E-state index in [2.05, 4.69) is 52.7 Å². The van der Waals surface area contributed by atoms with Gasteiger partial charge in [-0.05, 0) is 79.3 Å². The van der Waals surface area contributed by atoms with Crippen LogP contribution in [-0.2, 0) is 11.2 Å². The lowest BCUT2D eigenvalue weighted by atomic mass is 9.81. The maximum Gasteiger partial charge on any atom is 0.223 e. The minimum atomic E-state index is 0.0233. The van der Waals surface area contributed by atoms with Crippen molar-refractivity contribution in [2.45, 2.75) is 46.0 Å². The van der Waals surface area contributed by atoms with Crippen molar-refractivity contribution in [1.82, 2.24) is 20.5 Å². The molecule has 3 heterocycles. The molecule has 0 atom stereocenters. The lowest BCUT2D eigenvalue weighted by Gasteiger charge is -2.29. The second-order valence-corrected chi connectivity index (χ2v) is 11.9. The molecule has 0 spiro atoms. The number of nitrogens with zero attached hydrogens (tertiary/aromatic N) is 1. The number of amides is 1. The number of aromatic nitrogens is 3. The number of hydrogen-bond donors (Lipinski definition) is 5. The molecule has 1 amide bonds. The molecule has 0 unspecified atom stereocenters. The average Bonchev–Trinajstić information content (AvgIpc) is 3.62. The summed E-state index contributed by atoms with van der Waals surface area (Å²) < 4.78 is 0. The van der Waals surface area contributed by atoms with Gasteiger partial charge in [-0.2, -0.15) is 5.10 Å². The first kappa shape index (κ1) is 26.0. The van der Waals surface area contributed by atoms with Crippen LogP contribution in [0.15, 0.2) is 72.2 Å². The van der Waals surface area contributed by atoms with Crippen LogP contribution in [0.4, 0.5) is 0 Å². The van der Waals surface area contributed by atoms with Gasteiger partial charge in [0.2, 0.25) is 5.91 Å². The van der Waals surface area contributed by atoms with E-state index in [4.69, 9.17) is 16.6 Å². The van der Waals surface area contributed by atoms with E-state index in [0.29, 0.717) is 18.8 Å². The first-order valence-corrected chi connectivity index (χ1v) is 14.6. The van der Waals surface area contributed by atoms with Gasteiger partial charge in [0.1, 0.15) is 5.69 Å². The van der Waals surface area contributed by atoms with Crippen molar-refractivity contribution < 1.29 is 4.79 Å². The molecule has 1 saturated carbocycles. The molecule has 0 bridgehead atoms. The fourth-order valence-corrected chi connectivity index (χ4v) is 6.27. The highest BCUT2D eigenvalue weighted by molar-refractivity contribution is 7.13. The zero-order valence-corrected chi connectivity index (χ0v) is 23.6. The molecule has 40 heavy (non-hydrogen) atoms. The minimum Gasteiger partial charge on any atom is -0.404 e. The van der Waals surface area contributed by atoms with Gasteiger partial charge in [-0.25, -0.2) is 0 Å². The zero-order chi connectivity index (χ0) is 27.8. The molecule has 0 saturated heterocycles. The number of hydrogen-bond acceptors (Lipinski definition) is 5. The summed E-state index contributed by atoms with van der Waals surface area (Å²) in [6, 6.07) is 12.7. The van der Waals surface area contributed by atoms with Gasteiger partial charge in [-0.3, -0.25) is 9.89 Å². The summed E-state index contributed by atoms with van der Waals surface area (Å²) in [5.74, 6) is 0.388. The fourth-order valence-electron chi connectivity index (χ4n) is 5.36. The lowest BCUT2D eigenvalue weighted by molar-refractivity contribution is -0.120. The zero-order valence-electron chi connectivity index (χ0n) is 22.8. The third-order valence-corrected chi connectivity index (χ3v) is 8.87. The van der Waals surface area contributed by atoms with Crippen LogP contribution < -0.4 is 16.8 Å². The Hall–Kier alpha value is -4.30. The fraction of sp³-hybridized carbons (Fsp3) is 0.250. The molecule has 3 aromatic heterocycles. The van der Waals surface area contributed by atoms with Gasteiger partial charge >= 0.3 is 0 Å². The number of rotatable bonds is 7. The Bertz CT molecular complexity index is 1720. The average molecular weight is 551 g/mol. The van der Waals surface area contributed by atoms with Gasteiger partial charge in [0, 0.05) is 62.4 Å². The van der Waals surface area contributed by atoms with Gasteiger partial charge in [-0.1, -0.05) is 25.5 Å². The highest BCUT2D eigenvalue weighted by atomic mass is 32.1. The monoisotopic (exact) mass is 550 g/mol. The van der Waals surface area contributed by atoms with E-state index in [1.165, 1.54) is 16.2 Å². The number of carbonyl (C=O) groups excluding carboxylic acids is 1. The Morgan fingerprint density at radius 2 is 2.05 bits per heavy atom. The molecule has 0 aliphatic heterocycles. The topological polar surface area (TPSA) is 126 Å². The van der Waals surface area contributed by atoms with Crippen LogP contribution in [0.2, 0.25) is 0 Å². The summed E-state index contributed by atoms with van der Waals surface area (Å²) in [5, 5.41) is 12.0. The van der Waals surface area contributed by atoms with Gasteiger partial charge in [0.25, 0.3) is 0 Å². The molecular weight excluding hydrogens is 516 g/mol. The second kappa shape index (κ2) is 10.7. The third-order valence-electron chi connectivity index (χ3n) is 7.83. The third kappa shape index (κ3) is 4.91. The standard InChI is InChI=1S/C32H34N6OS/c1-3-31(39)36-27(19-5-4-6-19)14-21(17-33)20-8-11-26-25(13-20)32(38-37-26)29-16-24-23(30-12-7-18(2)40-30)10-9-22(34)15-28(24)35-29/h7-14,16-17,19,35H,3-6,15,33-34H2,1-2H3,(H,36,39)(H,37,38)/b21-17+,27-14+. The number of allylic oxidation sites excluding steroid dienone is 6. The quantitative estimate of drug-likeness (QED) is 0.174. The van der Waals surface area contributed by atoms with Crippen molar-refractivity contribution in [3.8, 4) is 11.4 Å². The van der Waals surface area contributed by atoms with Crippen molar-refractivity contribution in [3.05, 3.63) is 98.8 Å². The van der Waals surface area contributed by atoms with E-state index in [0.717, 1.165) is 74.5 Å². The summed E-state index contributed by atoms with van der Waals surface area (Å²) in [7, 11) is 0. The Morgan fingerprint density at radius 1 is 1.20 bits per heavy atom. The Morgan fingerprint density at radius 3 is 2.75 bits per heavy atom. The predicted octanol–water partition coefficient (Wildman–Crippen LogP) is 6.27. The molecule has 8 heteroatoms. The molecule has 7 N–H and O–H groups in total. The number of thiophene rings is 1. The molecule has 1 fully saturated rings. The minimum absolute atomic E-state index is 0.0233. The van der Waals surface area contributed by atoms with Crippen LogP contribution in [0, 0.1) is 12.8 Å². The van der Waals surface area contributed by atoms with Crippen LogP contribution in [0.25, 0.3) is 33.4 Å². The second-order valence-electron chi connectivity index (χ2n) is 10.6. The van der Waals surface area contributed by atoms with E-state index in [-0.39, 0.29) is 5.91 Å². The van der Waals surface area contributed by atoms with E-state index in [1.807, 2.05) is 31.2 Å². The number of nitrogens with two attached hydrogens (primary N) is 2. The molecule has 2 aliphatic carbocycles. The molecule has 1 aromatic carbocycles. The molecule has 6 rings (SSSR count). The number of nitrogens with one attached hydrogen (secondary N) is 3. The maximum absolute atomic E-state index is 12.2. The summed E-state index contributed by atoms with van der Waals surface area (Å²) in [4.78, 5) is 18.3. The Balaban J connectivity index is 1.39. The van der Waals surface area contributed by atoms with Crippen LogP contribution in [0.5, 0.6) is 0 Å². The molecule has 4 aromatic rings. The van der Waals surface area contributed by atoms with Crippen LogP contribution >= 0.6 is 11.3 Å². The molecule has 0 radical (unpaired) electrons. The van der Waals surface area contributed by atoms with Crippen LogP contribution in [0.1, 0.15) is 59.2 Å². The molecule has 7 nitrogen and oxygen atoms in total. The largest absolute Gasteiger partial charge is 0.404 e. The molecule has 2 aliphatic rings. The van der Waals surface area contributed by atoms with E-state index in [9.17, 15) is 4.79 Å². The van der Waals surface area contributed by atoms with Crippen molar-refractivity contribution >= 4 is 39.3 Å². The van der Waals surface area contributed by atoms with Gasteiger partial charge in [-0.15, -0.1) is 11.3 Å². The normalized spacial score (nSPS) is 16.2. The number of aryl methyl sites for hydroxylation is 1. The SMILES string of the molecule is CCC(=O)N/C(=C/C(=C\N)c1ccc2[nH]nc(-c3cc4c([nH]3)CC(N)=CC=C4c3ccc(C)s3)c2c1)C1CCC1. The first-order valence-electron chi connectivity index (χ1n) is 13.8. The van der Waals surface area contributed by atoms with Crippen molar-refractivity contribution in [2.75, 3.05) is 0 Å². The summed E-state index contributed by atoms with van der Waals surface area (Å²) in [5.41, 5.74) is 22.1. The highest BCUT2D eigenvalue weighted by Gasteiger charge is 2.24. The molecule has 204 valence electrons. The highest BCUT2D eigenvalue weighted by Crippen LogP contribution is 2.38. The number of H-pyrrole nitrogens is 2. The van der Waals surface area contributed by atoms with Gasteiger partial charge < -0.3 is 21.8 Å². The van der Waals surface area contributed by atoms with Gasteiger partial charge in [0.15, 0.2) is 0 Å². The Kier molecular flexibility index (Phi) is 6.94. The van der Waals surface area contributed by atoms with Crippen LogP contribution in [-0.4, -0.2) is 21.1 Å². The maximum atomic E-state index is 12.2. The number of aromatic amines is 2. The van der Waals surface area contributed by atoms with E-state index in [1.54, 1.807) is 17.5 Å². The number of fused-ring (bicyclic) bond motifs is 2. The number of benzene rings is 1. The molecular formula is C32H34N6OS. The van der Waals surface area contributed by atoms with Gasteiger partial charge in [0.05, 0.1) is 11.2 Å². The lowest BCUT2D eigenvalue weighted by Crippen LogP contribution is -2.29. The smallest absolute Gasteiger partial charge is 0.223 e. The van der Waals surface area contributed by atoms with Crippen LogP contribution in [0.3, 0.4) is 0 Å². The number of carbonyl (C=O) groups is 1. The Labute approximate surface area is 237 Å². The summed E-state index contributed by atoms with van der Waals surface area (Å²) in [6.45, 7) is 3.99. The van der Waals surface area contributed by atoms with E-state index >= 15 is 0 Å². The predicted molar refractivity (Wildman–Crippen MR) is 164 cm³/mol. The van der Waals surface area contributed by atoms with Crippen molar-refractivity contribution in [3.63, 3.8) is 0 Å². The van der Waals surface area contributed by atoms with E-state index < -0.39 is 0 Å². The summed E-state index contributed by atoms with van der Waals surface area (Å²) >= 11 is 1.78.